The van der Waals surface area contributed by atoms with Crippen molar-refractivity contribution in [2.75, 3.05) is 0 Å². The smallest absolute Gasteiger partial charge is 0.371 e. The lowest BCUT2D eigenvalue weighted by molar-refractivity contribution is -0.234. The highest BCUT2D eigenvalue weighted by molar-refractivity contribution is 7.51. The van der Waals surface area contributed by atoms with Crippen molar-refractivity contribution in [2.24, 2.45) is 0 Å². The minimum atomic E-state index is -4.05. The Balaban J connectivity index is 1.42. The predicted octanol–water partition coefficient (Wildman–Crippen LogP) is 10.6. The first-order valence-electron chi connectivity index (χ1n) is 19.7. The Labute approximate surface area is 333 Å². The lowest BCUT2D eigenvalue weighted by Gasteiger charge is -2.47. The number of hydrogen-bond donors (Lipinski definition) is 0. The van der Waals surface area contributed by atoms with Gasteiger partial charge in [0.15, 0.2) is 0 Å². The minimum Gasteiger partial charge on any atom is -0.371 e. The summed E-state index contributed by atoms with van der Waals surface area (Å²) >= 11 is 0. The van der Waals surface area contributed by atoms with Crippen LogP contribution in [0.15, 0.2) is 152 Å². The van der Waals surface area contributed by atoms with Gasteiger partial charge in [-0.1, -0.05) is 152 Å². The van der Waals surface area contributed by atoms with E-state index in [1.807, 2.05) is 184 Å². The first kappa shape index (κ1) is 41.7. The van der Waals surface area contributed by atoms with E-state index >= 15 is 4.57 Å². The molecule has 5 aromatic carbocycles. The molecule has 296 valence electrons. The fraction of sp³-hybridized carbons (Fsp3) is 0.362. The van der Waals surface area contributed by atoms with Gasteiger partial charge >= 0.3 is 7.75 Å². The summed E-state index contributed by atoms with van der Waals surface area (Å²) in [6.45, 7) is 9.39. The fourth-order valence-corrected chi connectivity index (χ4v) is 9.55. The number of ether oxygens (including phenoxy) is 4. The summed E-state index contributed by atoms with van der Waals surface area (Å²) in [5.41, 5.74) is 4.93. The molecule has 6 atom stereocenters. The first-order valence-corrected chi connectivity index (χ1v) is 21.2. The van der Waals surface area contributed by atoms with E-state index in [9.17, 15) is 0 Å². The van der Waals surface area contributed by atoms with Crippen molar-refractivity contribution in [1.82, 2.24) is 4.67 Å². The first-order chi connectivity index (χ1) is 27.3. The number of hydrogen-bond acceptors (Lipinski definition) is 7. The van der Waals surface area contributed by atoms with E-state index in [2.05, 4.69) is 0 Å². The largest absolute Gasteiger partial charge is 0.409 e. The van der Waals surface area contributed by atoms with Gasteiger partial charge in [0, 0.05) is 18.5 Å². The molecule has 1 aliphatic rings. The van der Waals surface area contributed by atoms with Crippen molar-refractivity contribution in [3.63, 3.8) is 0 Å². The van der Waals surface area contributed by atoms with Gasteiger partial charge in [-0.2, -0.15) is 0 Å². The molecule has 1 fully saturated rings. The Morgan fingerprint density at radius 1 is 0.464 bits per heavy atom. The van der Waals surface area contributed by atoms with E-state index in [0.717, 1.165) is 27.8 Å². The standard InChI is InChI=1S/C47H56NO7P/c1-36(2)48(37(3)4)56(49,54-35-42-28-18-9-19-29-42)55-46-44(51-32-39-22-12-6-13-23-39)30-43(50-31-38-20-10-5-11-21-38)45(52-33-40-24-14-7-15-25-40)47(46)53-34-41-26-16-8-17-27-41/h5-29,36-37,43-47H,30-35H2,1-4H3/t43-,44-,45+,46-,47-,56?/m1/s1. The van der Waals surface area contributed by atoms with Gasteiger partial charge in [0.25, 0.3) is 0 Å². The van der Waals surface area contributed by atoms with Crippen LogP contribution >= 0.6 is 7.75 Å². The molecular weight excluding hydrogens is 721 g/mol. The van der Waals surface area contributed by atoms with Crippen LogP contribution in [0.1, 0.15) is 61.9 Å². The zero-order chi connectivity index (χ0) is 39.2. The second kappa shape index (κ2) is 21.0. The predicted molar refractivity (Wildman–Crippen MR) is 221 cm³/mol. The molecule has 1 saturated carbocycles. The third kappa shape index (κ3) is 11.8. The molecule has 0 amide bonds. The molecule has 9 heteroatoms. The quantitative estimate of drug-likeness (QED) is 0.0723. The van der Waals surface area contributed by atoms with Crippen molar-refractivity contribution in [3.05, 3.63) is 179 Å². The lowest BCUT2D eigenvalue weighted by Crippen LogP contribution is -2.60. The lowest BCUT2D eigenvalue weighted by atomic mass is 9.86. The van der Waals surface area contributed by atoms with Gasteiger partial charge in [-0.05, 0) is 55.5 Å². The van der Waals surface area contributed by atoms with Crippen molar-refractivity contribution < 1.29 is 32.6 Å². The minimum absolute atomic E-state index is 0.0998. The SMILES string of the molecule is CC(C)N(C(C)C)P(=O)(OCc1ccccc1)O[C@H]1[C@H](OCc2ccccc2)[C@@H](OCc2ccccc2)[C@H](OCc2ccccc2)C[C@H]1OCc1ccccc1. The van der Waals surface area contributed by atoms with Crippen LogP contribution in [0.3, 0.4) is 0 Å². The molecule has 0 bridgehead atoms. The molecule has 0 heterocycles. The summed E-state index contributed by atoms with van der Waals surface area (Å²) < 4.78 is 58.5. The normalized spacial score (nSPS) is 21.0. The van der Waals surface area contributed by atoms with Crippen LogP contribution in [0.2, 0.25) is 0 Å². The number of nitrogens with zero attached hydrogens (tertiary/aromatic N) is 1. The third-order valence-electron chi connectivity index (χ3n) is 9.86. The van der Waals surface area contributed by atoms with Crippen LogP contribution in [0, 0.1) is 0 Å². The van der Waals surface area contributed by atoms with Crippen LogP contribution in [0.4, 0.5) is 0 Å². The Hall–Kier alpha value is -3.95. The van der Waals surface area contributed by atoms with Gasteiger partial charge in [0.1, 0.15) is 18.3 Å². The summed E-state index contributed by atoms with van der Waals surface area (Å²) in [6, 6.07) is 49.6. The zero-order valence-corrected chi connectivity index (χ0v) is 33.9. The molecule has 0 saturated heterocycles. The van der Waals surface area contributed by atoms with E-state index in [4.69, 9.17) is 28.0 Å². The average molecular weight is 778 g/mol. The summed E-state index contributed by atoms with van der Waals surface area (Å²) in [5, 5.41) is 0. The highest BCUT2D eigenvalue weighted by atomic mass is 31.2. The maximum Gasteiger partial charge on any atom is 0.409 e. The average Bonchev–Trinajstić information content (AvgIpc) is 3.22. The van der Waals surface area contributed by atoms with E-state index in [0.29, 0.717) is 26.2 Å². The maximum atomic E-state index is 15.7. The van der Waals surface area contributed by atoms with E-state index in [1.54, 1.807) is 0 Å². The topological polar surface area (TPSA) is 75.7 Å². The van der Waals surface area contributed by atoms with Crippen molar-refractivity contribution in [2.45, 2.75) is 110 Å². The molecule has 0 aliphatic heterocycles. The van der Waals surface area contributed by atoms with Gasteiger partial charge in [0.05, 0.1) is 45.2 Å². The van der Waals surface area contributed by atoms with Crippen LogP contribution in [-0.4, -0.2) is 47.3 Å². The third-order valence-corrected chi connectivity index (χ3v) is 12.3. The Bertz CT molecular complexity index is 1880. The van der Waals surface area contributed by atoms with Crippen LogP contribution in [-0.2, 0) is 65.6 Å². The van der Waals surface area contributed by atoms with E-state index < -0.39 is 38.3 Å². The van der Waals surface area contributed by atoms with Gasteiger partial charge in [-0.25, -0.2) is 9.24 Å². The number of rotatable bonds is 20. The van der Waals surface area contributed by atoms with Crippen molar-refractivity contribution in [3.8, 4) is 0 Å². The highest BCUT2D eigenvalue weighted by Crippen LogP contribution is 2.57. The molecule has 0 spiro atoms. The Morgan fingerprint density at radius 2 is 0.786 bits per heavy atom. The molecule has 6 rings (SSSR count). The van der Waals surface area contributed by atoms with Crippen LogP contribution in [0.5, 0.6) is 0 Å². The van der Waals surface area contributed by atoms with Gasteiger partial charge < -0.3 is 18.9 Å². The van der Waals surface area contributed by atoms with Crippen molar-refractivity contribution >= 4 is 7.75 Å². The van der Waals surface area contributed by atoms with Gasteiger partial charge in [0.2, 0.25) is 0 Å². The summed E-state index contributed by atoms with van der Waals surface area (Å²) in [7, 11) is -4.05. The molecule has 0 N–H and O–H groups in total. The van der Waals surface area contributed by atoms with Crippen LogP contribution < -0.4 is 0 Å². The molecule has 8 nitrogen and oxygen atoms in total. The second-order valence-corrected chi connectivity index (χ2v) is 16.7. The zero-order valence-electron chi connectivity index (χ0n) is 33.0. The van der Waals surface area contributed by atoms with E-state index in [-0.39, 0.29) is 25.3 Å². The molecule has 1 aliphatic carbocycles. The molecule has 56 heavy (non-hydrogen) atoms. The summed E-state index contributed by atoms with van der Waals surface area (Å²) in [6.07, 6.45) is -2.94. The van der Waals surface area contributed by atoms with Crippen LogP contribution in [0.25, 0.3) is 0 Å². The van der Waals surface area contributed by atoms with Gasteiger partial charge in [-0.3, -0.25) is 9.05 Å². The van der Waals surface area contributed by atoms with Crippen molar-refractivity contribution in [1.29, 1.82) is 0 Å². The maximum absolute atomic E-state index is 15.7. The summed E-state index contributed by atoms with van der Waals surface area (Å²) in [4.78, 5) is 0. The second-order valence-electron chi connectivity index (χ2n) is 14.8. The molecule has 1 unspecified atom stereocenters. The Kier molecular flexibility index (Phi) is 15.6. The number of benzene rings is 5. The highest BCUT2D eigenvalue weighted by Gasteiger charge is 2.53. The molecular formula is C47H56NO7P. The fourth-order valence-electron chi connectivity index (χ4n) is 7.24. The molecule has 0 aromatic heterocycles. The van der Waals surface area contributed by atoms with E-state index in [1.165, 1.54) is 0 Å². The monoisotopic (exact) mass is 777 g/mol. The molecule has 0 radical (unpaired) electrons. The summed E-state index contributed by atoms with van der Waals surface area (Å²) in [5.74, 6) is 0. The Morgan fingerprint density at radius 3 is 1.16 bits per heavy atom. The molecule has 5 aromatic rings. The van der Waals surface area contributed by atoms with Gasteiger partial charge in [-0.15, -0.1) is 0 Å².